The van der Waals surface area contributed by atoms with Crippen molar-refractivity contribution in [1.29, 1.82) is 0 Å². The minimum absolute atomic E-state index is 0.00639. The number of esters is 1. The molecule has 1 aromatic carbocycles. The zero-order valence-electron chi connectivity index (χ0n) is 18.0. The van der Waals surface area contributed by atoms with Gasteiger partial charge in [0.05, 0.1) is 12.9 Å². The highest BCUT2D eigenvalue weighted by Gasteiger charge is 2.44. The van der Waals surface area contributed by atoms with E-state index < -0.39 is 17.2 Å². The standard InChI is InChI=1S/C22H28FN5O2/c1-6-30-21(29)22(10-24,13(2)3)16-7-15(8-17(23)9-16)18-19-20(26-11-25-18)28(12-27-19)14(4)5/h7-9,11-14H,6,10,24H2,1-5H3. The number of hydrogen-bond acceptors (Lipinski definition) is 6. The smallest absolute Gasteiger partial charge is 0.318 e. The maximum Gasteiger partial charge on any atom is 0.318 e. The van der Waals surface area contributed by atoms with E-state index in [2.05, 4.69) is 15.0 Å². The summed E-state index contributed by atoms with van der Waals surface area (Å²) in [4.78, 5) is 26.1. The molecular formula is C22H28FN5O2. The van der Waals surface area contributed by atoms with Gasteiger partial charge in [-0.2, -0.15) is 0 Å². The molecule has 1 unspecified atom stereocenters. The van der Waals surface area contributed by atoms with Crippen LogP contribution in [0.3, 0.4) is 0 Å². The second kappa shape index (κ2) is 8.47. The molecule has 0 fully saturated rings. The van der Waals surface area contributed by atoms with Gasteiger partial charge < -0.3 is 15.0 Å². The summed E-state index contributed by atoms with van der Waals surface area (Å²) in [5.41, 5.74) is 7.61. The number of carbonyl (C=O) groups is 1. The summed E-state index contributed by atoms with van der Waals surface area (Å²) >= 11 is 0. The Hall–Kier alpha value is -2.87. The zero-order chi connectivity index (χ0) is 22.1. The number of benzene rings is 1. The van der Waals surface area contributed by atoms with Crippen LogP contribution >= 0.6 is 0 Å². The lowest BCUT2D eigenvalue weighted by molar-refractivity contribution is -0.151. The Labute approximate surface area is 175 Å². The van der Waals surface area contributed by atoms with Gasteiger partial charge in [-0.15, -0.1) is 0 Å². The van der Waals surface area contributed by atoms with E-state index in [0.717, 1.165) is 0 Å². The van der Waals surface area contributed by atoms with Crippen molar-refractivity contribution in [2.45, 2.75) is 46.1 Å². The van der Waals surface area contributed by atoms with E-state index in [1.54, 1.807) is 19.3 Å². The van der Waals surface area contributed by atoms with Crippen molar-refractivity contribution < 1.29 is 13.9 Å². The Morgan fingerprint density at radius 2 is 1.93 bits per heavy atom. The van der Waals surface area contributed by atoms with Crippen LogP contribution in [0.4, 0.5) is 4.39 Å². The van der Waals surface area contributed by atoms with E-state index in [0.29, 0.717) is 28.0 Å². The summed E-state index contributed by atoms with van der Waals surface area (Å²) in [6.45, 7) is 9.76. The van der Waals surface area contributed by atoms with Crippen LogP contribution in [0.5, 0.6) is 0 Å². The Kier molecular flexibility index (Phi) is 6.17. The molecule has 0 saturated carbocycles. The molecule has 0 aliphatic carbocycles. The number of carbonyl (C=O) groups excluding carboxylic acids is 1. The summed E-state index contributed by atoms with van der Waals surface area (Å²) in [6.07, 6.45) is 3.14. The van der Waals surface area contributed by atoms with Crippen LogP contribution in [0, 0.1) is 11.7 Å². The van der Waals surface area contributed by atoms with Gasteiger partial charge in [-0.1, -0.05) is 13.8 Å². The third-order valence-electron chi connectivity index (χ3n) is 5.55. The molecule has 0 amide bonds. The molecular weight excluding hydrogens is 385 g/mol. The first-order valence-electron chi connectivity index (χ1n) is 10.1. The van der Waals surface area contributed by atoms with E-state index in [1.165, 1.54) is 18.5 Å². The first kappa shape index (κ1) is 21.8. The number of halogens is 1. The van der Waals surface area contributed by atoms with Gasteiger partial charge in [-0.25, -0.2) is 19.3 Å². The highest BCUT2D eigenvalue weighted by atomic mass is 19.1. The molecule has 2 heterocycles. The van der Waals surface area contributed by atoms with Gasteiger partial charge in [0, 0.05) is 18.2 Å². The minimum Gasteiger partial charge on any atom is -0.465 e. The van der Waals surface area contributed by atoms with E-state index in [1.807, 2.05) is 32.3 Å². The Morgan fingerprint density at radius 3 is 2.53 bits per heavy atom. The molecule has 7 nitrogen and oxygen atoms in total. The van der Waals surface area contributed by atoms with Crippen molar-refractivity contribution in [1.82, 2.24) is 19.5 Å². The third-order valence-corrected chi connectivity index (χ3v) is 5.55. The number of ether oxygens (including phenoxy) is 1. The van der Waals surface area contributed by atoms with Crippen LogP contribution < -0.4 is 5.73 Å². The van der Waals surface area contributed by atoms with Crippen LogP contribution in [0.25, 0.3) is 22.4 Å². The topological polar surface area (TPSA) is 95.9 Å². The van der Waals surface area contributed by atoms with Crippen molar-refractivity contribution in [3.05, 3.63) is 42.2 Å². The number of aromatic nitrogens is 4. The summed E-state index contributed by atoms with van der Waals surface area (Å²) in [5, 5.41) is 0. The van der Waals surface area contributed by atoms with Gasteiger partial charge in [0.15, 0.2) is 5.65 Å². The highest BCUT2D eigenvalue weighted by molar-refractivity contribution is 5.89. The van der Waals surface area contributed by atoms with Crippen molar-refractivity contribution in [2.24, 2.45) is 11.7 Å². The van der Waals surface area contributed by atoms with Gasteiger partial charge in [0.25, 0.3) is 0 Å². The molecule has 160 valence electrons. The first-order valence-corrected chi connectivity index (χ1v) is 10.1. The van der Waals surface area contributed by atoms with Crippen LogP contribution in [-0.4, -0.2) is 38.6 Å². The Morgan fingerprint density at radius 1 is 1.20 bits per heavy atom. The second-order valence-corrected chi connectivity index (χ2v) is 7.92. The highest BCUT2D eigenvalue weighted by Crippen LogP contribution is 2.36. The molecule has 1 atom stereocenters. The van der Waals surface area contributed by atoms with E-state index in [4.69, 9.17) is 10.5 Å². The summed E-state index contributed by atoms with van der Waals surface area (Å²) in [5.74, 6) is -1.15. The second-order valence-electron chi connectivity index (χ2n) is 7.92. The largest absolute Gasteiger partial charge is 0.465 e. The monoisotopic (exact) mass is 413 g/mol. The average molecular weight is 413 g/mol. The summed E-state index contributed by atoms with van der Waals surface area (Å²) < 4.78 is 22.0. The average Bonchev–Trinajstić information content (AvgIpc) is 3.13. The lowest BCUT2D eigenvalue weighted by Gasteiger charge is -2.34. The lowest BCUT2D eigenvalue weighted by atomic mass is 9.71. The molecule has 0 aliphatic rings. The molecule has 0 bridgehead atoms. The molecule has 0 radical (unpaired) electrons. The molecule has 0 saturated heterocycles. The predicted molar refractivity (Wildman–Crippen MR) is 113 cm³/mol. The van der Waals surface area contributed by atoms with Crippen LogP contribution in [0.2, 0.25) is 0 Å². The van der Waals surface area contributed by atoms with E-state index in [9.17, 15) is 9.18 Å². The lowest BCUT2D eigenvalue weighted by Crippen LogP contribution is -2.48. The van der Waals surface area contributed by atoms with Gasteiger partial charge in [-0.3, -0.25) is 4.79 Å². The number of rotatable bonds is 7. The Bertz CT molecular complexity index is 1060. The van der Waals surface area contributed by atoms with Crippen LogP contribution in [0.15, 0.2) is 30.9 Å². The number of nitrogens with two attached hydrogens (primary N) is 1. The molecule has 3 rings (SSSR count). The third kappa shape index (κ3) is 3.56. The van der Waals surface area contributed by atoms with E-state index in [-0.39, 0.29) is 25.1 Å². The van der Waals surface area contributed by atoms with Gasteiger partial charge in [0.1, 0.15) is 28.8 Å². The quantitative estimate of drug-likeness (QED) is 0.594. The fourth-order valence-electron chi connectivity index (χ4n) is 3.81. The molecule has 2 aromatic heterocycles. The summed E-state index contributed by atoms with van der Waals surface area (Å²) in [6, 6.07) is 4.64. The van der Waals surface area contributed by atoms with Crippen molar-refractivity contribution >= 4 is 17.1 Å². The van der Waals surface area contributed by atoms with Gasteiger partial charge in [-0.05, 0) is 50.5 Å². The first-order chi connectivity index (χ1) is 14.3. The van der Waals surface area contributed by atoms with Gasteiger partial charge in [0.2, 0.25) is 0 Å². The molecule has 3 aromatic rings. The number of imidazole rings is 1. The van der Waals surface area contributed by atoms with Crippen molar-refractivity contribution in [3.63, 3.8) is 0 Å². The van der Waals surface area contributed by atoms with Crippen molar-refractivity contribution in [2.75, 3.05) is 13.2 Å². The van der Waals surface area contributed by atoms with Gasteiger partial charge >= 0.3 is 5.97 Å². The van der Waals surface area contributed by atoms with Crippen LogP contribution in [0.1, 0.15) is 46.2 Å². The minimum atomic E-state index is -1.17. The predicted octanol–water partition coefficient (Wildman–Crippen LogP) is 3.63. The number of fused-ring (bicyclic) bond motifs is 1. The molecule has 30 heavy (non-hydrogen) atoms. The Balaban J connectivity index is 2.23. The van der Waals surface area contributed by atoms with Crippen molar-refractivity contribution in [3.8, 4) is 11.3 Å². The maximum atomic E-state index is 14.8. The molecule has 8 heteroatoms. The number of nitrogens with zero attached hydrogens (tertiary/aromatic N) is 4. The van der Waals surface area contributed by atoms with Crippen LogP contribution in [-0.2, 0) is 14.9 Å². The molecule has 0 spiro atoms. The summed E-state index contributed by atoms with van der Waals surface area (Å²) in [7, 11) is 0. The maximum absolute atomic E-state index is 14.8. The fraction of sp³-hybridized carbons (Fsp3) is 0.455. The molecule has 2 N–H and O–H groups in total. The SMILES string of the molecule is CCOC(=O)C(CN)(c1cc(F)cc(-c2ncnc3c2ncn3C(C)C)c1)C(C)C. The zero-order valence-corrected chi connectivity index (χ0v) is 18.0. The fourth-order valence-corrected chi connectivity index (χ4v) is 3.81. The normalized spacial score (nSPS) is 13.8. The van der Waals surface area contributed by atoms with E-state index >= 15 is 0 Å². The molecule has 0 aliphatic heterocycles. The number of hydrogen-bond donors (Lipinski definition) is 1.